The third-order valence-corrected chi connectivity index (χ3v) is 6.10. The molecule has 31 heavy (non-hydrogen) atoms. The van der Waals surface area contributed by atoms with Gasteiger partial charge >= 0.3 is 0 Å². The van der Waals surface area contributed by atoms with Crippen LogP contribution in [0.2, 0.25) is 5.02 Å². The van der Waals surface area contributed by atoms with Gasteiger partial charge in [-0.3, -0.25) is 19.7 Å². The predicted octanol–water partition coefficient (Wildman–Crippen LogP) is 3.86. The van der Waals surface area contributed by atoms with Gasteiger partial charge in [0.05, 0.1) is 22.6 Å². The second-order valence-electron chi connectivity index (χ2n) is 7.17. The van der Waals surface area contributed by atoms with E-state index in [9.17, 15) is 14.4 Å². The van der Waals surface area contributed by atoms with E-state index in [0.717, 1.165) is 17.3 Å². The van der Waals surface area contributed by atoms with Crippen molar-refractivity contribution in [3.63, 3.8) is 0 Å². The van der Waals surface area contributed by atoms with E-state index in [-0.39, 0.29) is 23.8 Å². The minimum atomic E-state index is -0.415. The van der Waals surface area contributed by atoms with Crippen LogP contribution >= 0.6 is 23.4 Å². The van der Waals surface area contributed by atoms with Crippen LogP contribution in [0.1, 0.15) is 11.1 Å². The van der Waals surface area contributed by atoms with E-state index < -0.39 is 5.91 Å². The second-order valence-corrected chi connectivity index (χ2v) is 8.59. The number of nitrogens with one attached hydrogen (secondary N) is 1. The number of ether oxygens (including phenoxy) is 2. The van der Waals surface area contributed by atoms with Gasteiger partial charge in [0.2, 0.25) is 5.91 Å². The number of halogens is 1. The standard InChI is InChI=1S/C22H19ClN2O5S/c1-25-15(11-29-12-20(25)26)8-13-2-5-16(6-3-13)30-18-7-4-14(9-17(18)23)10-19-21(27)24-22(28)31-19/h2-7,9-10,15H,8,11-12H2,1H3,(H,24,27,28)/b19-10-. The van der Waals surface area contributed by atoms with E-state index in [1.807, 2.05) is 24.3 Å². The molecule has 2 aliphatic heterocycles. The topological polar surface area (TPSA) is 84.9 Å². The van der Waals surface area contributed by atoms with Gasteiger partial charge in [0, 0.05) is 7.05 Å². The summed E-state index contributed by atoms with van der Waals surface area (Å²) in [6.45, 7) is 0.660. The molecule has 0 bridgehead atoms. The molecular weight excluding hydrogens is 440 g/mol. The SMILES string of the molecule is CN1C(=O)COCC1Cc1ccc(Oc2ccc(/C=C3\SC(=O)NC3=O)cc2Cl)cc1. The number of likely N-dealkylation sites (N-methyl/N-ethyl adjacent to an activating group) is 1. The molecule has 1 atom stereocenters. The maximum absolute atomic E-state index is 11.8. The van der Waals surface area contributed by atoms with Crippen LogP contribution in [0.5, 0.6) is 11.5 Å². The Balaban J connectivity index is 1.41. The summed E-state index contributed by atoms with van der Waals surface area (Å²) in [4.78, 5) is 36.7. The third-order valence-electron chi connectivity index (χ3n) is 5.00. The highest BCUT2D eigenvalue weighted by Crippen LogP contribution is 2.32. The van der Waals surface area contributed by atoms with Crippen LogP contribution in [-0.4, -0.2) is 48.3 Å². The molecule has 7 nitrogen and oxygen atoms in total. The van der Waals surface area contributed by atoms with E-state index in [2.05, 4.69) is 5.32 Å². The summed E-state index contributed by atoms with van der Waals surface area (Å²) in [5.41, 5.74) is 1.76. The number of rotatable bonds is 5. The van der Waals surface area contributed by atoms with E-state index in [1.54, 1.807) is 36.2 Å². The Labute approximate surface area is 188 Å². The summed E-state index contributed by atoms with van der Waals surface area (Å²) in [6, 6.07) is 12.7. The molecule has 2 heterocycles. The maximum atomic E-state index is 11.8. The first-order chi connectivity index (χ1) is 14.9. The van der Waals surface area contributed by atoms with Crippen molar-refractivity contribution < 1.29 is 23.9 Å². The Morgan fingerprint density at radius 1 is 1.23 bits per heavy atom. The largest absolute Gasteiger partial charge is 0.456 e. The summed E-state index contributed by atoms with van der Waals surface area (Å²) in [6.07, 6.45) is 2.30. The van der Waals surface area contributed by atoms with Gasteiger partial charge in [0.15, 0.2) is 0 Å². The molecule has 2 aliphatic rings. The normalized spacial score (nSPS) is 20.3. The fraction of sp³-hybridized carbons (Fsp3) is 0.227. The maximum Gasteiger partial charge on any atom is 0.290 e. The molecular formula is C22H19ClN2O5S. The molecule has 2 aromatic carbocycles. The average Bonchev–Trinajstić information content (AvgIpc) is 3.05. The lowest BCUT2D eigenvalue weighted by molar-refractivity contribution is -0.145. The molecule has 9 heteroatoms. The van der Waals surface area contributed by atoms with E-state index in [0.29, 0.717) is 40.0 Å². The molecule has 0 aliphatic carbocycles. The number of nitrogens with zero attached hydrogens (tertiary/aromatic N) is 1. The smallest absolute Gasteiger partial charge is 0.290 e. The summed E-state index contributed by atoms with van der Waals surface area (Å²) in [5.74, 6) is 0.671. The van der Waals surface area contributed by atoms with E-state index in [1.165, 1.54) is 0 Å². The summed E-state index contributed by atoms with van der Waals surface area (Å²) in [5, 5.41) is 2.21. The van der Waals surface area contributed by atoms with Gasteiger partial charge in [-0.05, 0) is 59.7 Å². The second kappa shape index (κ2) is 9.13. The molecule has 0 spiro atoms. The Morgan fingerprint density at radius 2 is 2.00 bits per heavy atom. The lowest BCUT2D eigenvalue weighted by Crippen LogP contribution is -2.47. The van der Waals surface area contributed by atoms with Crippen molar-refractivity contribution >= 4 is 46.5 Å². The van der Waals surface area contributed by atoms with Crippen LogP contribution in [0.4, 0.5) is 4.79 Å². The highest BCUT2D eigenvalue weighted by molar-refractivity contribution is 8.18. The van der Waals surface area contributed by atoms with Crippen molar-refractivity contribution in [2.24, 2.45) is 0 Å². The zero-order valence-corrected chi connectivity index (χ0v) is 18.2. The number of morpholine rings is 1. The van der Waals surface area contributed by atoms with Crippen LogP contribution in [0.15, 0.2) is 47.4 Å². The first-order valence-corrected chi connectivity index (χ1v) is 10.7. The van der Waals surface area contributed by atoms with Crippen LogP contribution < -0.4 is 10.1 Å². The Kier molecular flexibility index (Phi) is 6.31. The van der Waals surface area contributed by atoms with Crippen LogP contribution in [0.25, 0.3) is 6.08 Å². The number of thioether (sulfide) groups is 1. The van der Waals surface area contributed by atoms with Gasteiger partial charge in [0.1, 0.15) is 18.1 Å². The molecule has 160 valence electrons. The van der Waals surface area contributed by atoms with Crippen molar-refractivity contribution in [3.05, 3.63) is 63.5 Å². The summed E-state index contributed by atoms with van der Waals surface area (Å²) in [7, 11) is 1.80. The molecule has 4 rings (SSSR count). The summed E-state index contributed by atoms with van der Waals surface area (Å²) < 4.78 is 11.2. The zero-order valence-electron chi connectivity index (χ0n) is 16.6. The number of amides is 3. The molecule has 1 unspecified atom stereocenters. The minimum Gasteiger partial charge on any atom is -0.456 e. The number of imide groups is 1. The lowest BCUT2D eigenvalue weighted by atomic mass is 10.0. The molecule has 3 amide bonds. The number of carbonyl (C=O) groups excluding carboxylic acids is 3. The molecule has 2 fully saturated rings. The number of hydrogen-bond donors (Lipinski definition) is 1. The first kappa shape index (κ1) is 21.4. The van der Waals surface area contributed by atoms with Gasteiger partial charge in [-0.2, -0.15) is 0 Å². The molecule has 0 saturated carbocycles. The van der Waals surface area contributed by atoms with Crippen molar-refractivity contribution in [2.45, 2.75) is 12.5 Å². The Hall–Kier alpha value is -2.81. The highest BCUT2D eigenvalue weighted by atomic mass is 35.5. The quantitative estimate of drug-likeness (QED) is 0.685. The molecule has 1 N–H and O–H groups in total. The van der Waals surface area contributed by atoms with Crippen molar-refractivity contribution in [1.82, 2.24) is 10.2 Å². The molecule has 2 aromatic rings. The third kappa shape index (κ3) is 5.10. The van der Waals surface area contributed by atoms with Crippen molar-refractivity contribution in [2.75, 3.05) is 20.3 Å². The Morgan fingerprint density at radius 3 is 2.68 bits per heavy atom. The molecule has 0 aromatic heterocycles. The highest BCUT2D eigenvalue weighted by Gasteiger charge is 2.26. The monoisotopic (exact) mass is 458 g/mol. The van der Waals surface area contributed by atoms with Gasteiger partial charge in [0.25, 0.3) is 11.1 Å². The lowest BCUT2D eigenvalue weighted by Gasteiger charge is -2.32. The number of benzene rings is 2. The van der Waals surface area contributed by atoms with Gasteiger partial charge < -0.3 is 14.4 Å². The minimum absolute atomic E-state index is 0.0105. The average molecular weight is 459 g/mol. The van der Waals surface area contributed by atoms with Crippen molar-refractivity contribution in [1.29, 1.82) is 0 Å². The van der Waals surface area contributed by atoms with Gasteiger partial charge in [-0.25, -0.2) is 0 Å². The number of carbonyl (C=O) groups is 3. The first-order valence-electron chi connectivity index (χ1n) is 9.53. The Bertz CT molecular complexity index is 1070. The van der Waals surface area contributed by atoms with Crippen molar-refractivity contribution in [3.8, 4) is 11.5 Å². The van der Waals surface area contributed by atoms with Gasteiger partial charge in [-0.15, -0.1) is 0 Å². The molecule has 0 radical (unpaired) electrons. The predicted molar refractivity (Wildman–Crippen MR) is 118 cm³/mol. The zero-order chi connectivity index (χ0) is 22.0. The van der Waals surface area contributed by atoms with Crippen LogP contribution in [-0.2, 0) is 20.7 Å². The number of hydrogen-bond acceptors (Lipinski definition) is 6. The fourth-order valence-electron chi connectivity index (χ4n) is 3.25. The fourth-order valence-corrected chi connectivity index (χ4v) is 4.16. The van der Waals surface area contributed by atoms with E-state index >= 15 is 0 Å². The van der Waals surface area contributed by atoms with Gasteiger partial charge in [-0.1, -0.05) is 29.8 Å². The van der Waals surface area contributed by atoms with Crippen LogP contribution in [0, 0.1) is 0 Å². The van der Waals surface area contributed by atoms with E-state index in [4.69, 9.17) is 21.1 Å². The van der Waals surface area contributed by atoms with Crippen LogP contribution in [0.3, 0.4) is 0 Å². The summed E-state index contributed by atoms with van der Waals surface area (Å²) >= 11 is 7.19. The molecule has 2 saturated heterocycles.